The van der Waals surface area contributed by atoms with Crippen molar-refractivity contribution in [2.45, 2.75) is 18.3 Å². The highest BCUT2D eigenvalue weighted by molar-refractivity contribution is 6.01. The summed E-state index contributed by atoms with van der Waals surface area (Å²) in [5.74, 6) is -1.93. The number of nitrogens with one attached hydrogen (secondary N) is 1. The van der Waals surface area contributed by atoms with E-state index in [0.717, 1.165) is 6.20 Å². The van der Waals surface area contributed by atoms with Crippen molar-refractivity contribution in [3.63, 3.8) is 0 Å². The van der Waals surface area contributed by atoms with Crippen molar-refractivity contribution < 1.29 is 19.6 Å². The topological polar surface area (TPSA) is 126 Å². The van der Waals surface area contributed by atoms with Crippen LogP contribution in [0.25, 0.3) is 0 Å². The normalized spacial score (nSPS) is 17.9. The lowest BCUT2D eigenvalue weighted by atomic mass is 9.64. The Kier molecular flexibility index (Phi) is 2.00. The maximum atomic E-state index is 11.1. The van der Waals surface area contributed by atoms with Crippen LogP contribution in [0.4, 0.5) is 5.82 Å². The van der Waals surface area contributed by atoms with Crippen molar-refractivity contribution in [2.24, 2.45) is 0 Å². The lowest BCUT2D eigenvalue weighted by Crippen LogP contribution is -2.48. The lowest BCUT2D eigenvalue weighted by molar-refractivity contribution is -0.390. The molecule has 0 aromatic carbocycles. The highest BCUT2D eigenvalue weighted by atomic mass is 16.6. The molecule has 1 saturated carbocycles. The van der Waals surface area contributed by atoms with Gasteiger partial charge in [0.15, 0.2) is 0 Å². The molecule has 0 saturated heterocycles. The minimum Gasteiger partial charge on any atom is -0.481 e. The second-order valence-corrected chi connectivity index (χ2v) is 3.67. The van der Waals surface area contributed by atoms with E-state index in [0.29, 0.717) is 0 Å². The quantitative estimate of drug-likeness (QED) is 0.550. The molecule has 0 aliphatic heterocycles. The predicted molar refractivity (Wildman–Crippen MR) is 48.8 cm³/mol. The molecule has 1 aliphatic carbocycles. The molecule has 0 radical (unpaired) electrons. The molecule has 8 nitrogen and oxygen atoms in total. The van der Waals surface area contributed by atoms with E-state index in [1.54, 1.807) is 0 Å². The summed E-state index contributed by atoms with van der Waals surface area (Å²) >= 11 is 0. The molecule has 16 heavy (non-hydrogen) atoms. The summed E-state index contributed by atoms with van der Waals surface area (Å²) in [6.45, 7) is 0. The number of rotatable bonds is 3. The Labute approximate surface area is 88.4 Å². The van der Waals surface area contributed by atoms with Gasteiger partial charge in [-0.3, -0.25) is 9.59 Å². The molecular formula is C8H7N3O5. The Morgan fingerprint density at radius 3 is 2.69 bits per heavy atom. The second-order valence-electron chi connectivity index (χ2n) is 3.67. The van der Waals surface area contributed by atoms with Crippen LogP contribution in [0.5, 0.6) is 0 Å². The van der Waals surface area contributed by atoms with E-state index in [4.69, 9.17) is 5.11 Å². The Morgan fingerprint density at radius 2 is 2.25 bits per heavy atom. The number of Topliss-reactive ketones (excluding diaryl/α,β-unsaturated/α-hetero) is 1. The van der Waals surface area contributed by atoms with Crippen LogP contribution in [-0.2, 0) is 15.0 Å². The molecule has 1 fully saturated rings. The molecule has 1 aromatic rings. The van der Waals surface area contributed by atoms with Gasteiger partial charge in [0.25, 0.3) is 0 Å². The van der Waals surface area contributed by atoms with Gasteiger partial charge in [-0.2, -0.15) is 0 Å². The van der Waals surface area contributed by atoms with Crippen molar-refractivity contribution >= 4 is 17.6 Å². The van der Waals surface area contributed by atoms with Crippen LogP contribution in [0.15, 0.2) is 6.20 Å². The average molecular weight is 225 g/mol. The Bertz CT molecular complexity index is 484. The number of aliphatic carboxylic acids is 1. The molecule has 84 valence electrons. The fourth-order valence-electron chi connectivity index (χ4n) is 1.85. The maximum Gasteiger partial charge on any atom is 0.346 e. The van der Waals surface area contributed by atoms with Crippen molar-refractivity contribution in [3.05, 3.63) is 21.9 Å². The van der Waals surface area contributed by atoms with Crippen LogP contribution in [0, 0.1) is 10.1 Å². The SMILES string of the molecule is O=C1CC(C(=O)O)(c2cn[nH]c2[N+](=O)[O-])C1. The number of hydrogen-bond donors (Lipinski definition) is 2. The number of nitrogens with zero attached hydrogens (tertiary/aromatic N) is 2. The van der Waals surface area contributed by atoms with Crippen LogP contribution in [-0.4, -0.2) is 32.0 Å². The van der Waals surface area contributed by atoms with E-state index >= 15 is 0 Å². The van der Waals surface area contributed by atoms with Crippen LogP contribution in [0.2, 0.25) is 0 Å². The van der Waals surface area contributed by atoms with Gasteiger partial charge in [0, 0.05) is 12.8 Å². The van der Waals surface area contributed by atoms with Crippen LogP contribution >= 0.6 is 0 Å². The van der Waals surface area contributed by atoms with Gasteiger partial charge in [-0.15, -0.1) is 5.10 Å². The lowest BCUT2D eigenvalue weighted by Gasteiger charge is -2.34. The smallest absolute Gasteiger partial charge is 0.346 e. The highest BCUT2D eigenvalue weighted by Crippen LogP contribution is 2.44. The standard InChI is InChI=1S/C8H7N3O5/c12-4-1-8(2-4,7(13)14)5-3-9-10-6(5)11(15)16/h3H,1-2H2,(H,9,10)(H,13,14). The number of carbonyl (C=O) groups excluding carboxylic acids is 1. The van der Waals surface area contributed by atoms with E-state index in [1.807, 2.05) is 0 Å². The third-order valence-corrected chi connectivity index (χ3v) is 2.72. The van der Waals surface area contributed by atoms with Gasteiger partial charge < -0.3 is 15.2 Å². The highest BCUT2D eigenvalue weighted by Gasteiger charge is 2.55. The molecule has 2 N–H and O–H groups in total. The van der Waals surface area contributed by atoms with Crippen LogP contribution in [0.3, 0.4) is 0 Å². The molecule has 1 aliphatic rings. The Morgan fingerprint density at radius 1 is 1.62 bits per heavy atom. The predicted octanol–water partition coefficient (Wildman–Crippen LogP) is 0.00320. The summed E-state index contributed by atoms with van der Waals surface area (Å²) in [5, 5.41) is 25.3. The number of nitro groups is 1. The Hall–Kier alpha value is -2.25. The first-order valence-corrected chi connectivity index (χ1v) is 4.41. The van der Waals surface area contributed by atoms with Gasteiger partial charge in [-0.1, -0.05) is 5.10 Å². The van der Waals surface area contributed by atoms with Gasteiger partial charge in [0.1, 0.15) is 11.2 Å². The first-order chi connectivity index (χ1) is 7.47. The number of ketones is 1. The number of carboxylic acids is 1. The van der Waals surface area contributed by atoms with Gasteiger partial charge in [0.2, 0.25) is 0 Å². The zero-order valence-corrected chi connectivity index (χ0v) is 7.97. The first kappa shape index (κ1) is 10.3. The average Bonchev–Trinajstić information content (AvgIpc) is 2.60. The summed E-state index contributed by atoms with van der Waals surface area (Å²) in [7, 11) is 0. The number of H-pyrrole nitrogens is 1. The van der Waals surface area contributed by atoms with Crippen LogP contribution in [0.1, 0.15) is 18.4 Å². The van der Waals surface area contributed by atoms with E-state index < -0.39 is 22.1 Å². The monoisotopic (exact) mass is 225 g/mol. The van der Waals surface area contributed by atoms with Crippen molar-refractivity contribution in [3.8, 4) is 0 Å². The Balaban J connectivity index is 2.49. The fourth-order valence-corrected chi connectivity index (χ4v) is 1.85. The van der Waals surface area contributed by atoms with E-state index in [9.17, 15) is 19.7 Å². The van der Waals surface area contributed by atoms with Crippen molar-refractivity contribution in [2.75, 3.05) is 0 Å². The van der Waals surface area contributed by atoms with Crippen molar-refractivity contribution in [1.29, 1.82) is 0 Å². The summed E-state index contributed by atoms with van der Waals surface area (Å²) < 4.78 is 0. The van der Waals surface area contributed by atoms with E-state index in [2.05, 4.69) is 10.2 Å². The largest absolute Gasteiger partial charge is 0.481 e. The van der Waals surface area contributed by atoms with Gasteiger partial charge in [-0.05, 0) is 4.92 Å². The number of carbonyl (C=O) groups is 2. The maximum absolute atomic E-state index is 11.1. The van der Waals surface area contributed by atoms with Gasteiger partial charge in [0.05, 0.1) is 11.8 Å². The third kappa shape index (κ3) is 1.19. The molecule has 2 rings (SSSR count). The first-order valence-electron chi connectivity index (χ1n) is 4.41. The number of aromatic nitrogens is 2. The molecule has 0 bridgehead atoms. The fraction of sp³-hybridized carbons (Fsp3) is 0.375. The molecule has 0 unspecified atom stereocenters. The summed E-state index contributed by atoms with van der Waals surface area (Å²) in [5.41, 5.74) is -1.52. The molecule has 0 spiro atoms. The number of hydrogen-bond acceptors (Lipinski definition) is 5. The second kappa shape index (κ2) is 3.12. The molecule has 1 heterocycles. The van der Waals surface area contributed by atoms with Gasteiger partial charge >= 0.3 is 11.8 Å². The van der Waals surface area contributed by atoms with Gasteiger partial charge in [-0.25, -0.2) is 0 Å². The summed E-state index contributed by atoms with van der Waals surface area (Å²) in [6, 6.07) is 0. The minimum atomic E-state index is -1.48. The zero-order valence-electron chi connectivity index (χ0n) is 7.97. The van der Waals surface area contributed by atoms with E-state index in [1.165, 1.54) is 0 Å². The van der Waals surface area contributed by atoms with Crippen LogP contribution < -0.4 is 0 Å². The summed E-state index contributed by atoms with van der Waals surface area (Å²) in [6.07, 6.45) is 0.657. The molecule has 0 atom stereocenters. The molecular weight excluding hydrogens is 218 g/mol. The minimum absolute atomic E-state index is 0.0374. The third-order valence-electron chi connectivity index (χ3n) is 2.72. The number of aromatic amines is 1. The molecule has 0 amide bonds. The summed E-state index contributed by atoms with van der Waals surface area (Å²) in [4.78, 5) is 31.9. The number of carboxylic acid groups (broad SMARTS) is 1. The molecule has 1 aromatic heterocycles. The van der Waals surface area contributed by atoms with Crippen molar-refractivity contribution in [1.82, 2.24) is 10.2 Å². The van der Waals surface area contributed by atoms with E-state index in [-0.39, 0.29) is 24.2 Å². The molecule has 8 heteroatoms. The zero-order chi connectivity index (χ0) is 11.9.